The van der Waals surface area contributed by atoms with Crippen LogP contribution in [0.15, 0.2) is 0 Å². The van der Waals surface area contributed by atoms with Crippen molar-refractivity contribution in [3.05, 3.63) is 0 Å². The number of carbonyl (C=O) groups excluding carboxylic acids is 1. The summed E-state index contributed by atoms with van der Waals surface area (Å²) in [6, 6.07) is -0.203. The van der Waals surface area contributed by atoms with E-state index in [1.165, 1.54) is 17.7 Å². The molecule has 1 saturated heterocycles. The van der Waals surface area contributed by atoms with Gasteiger partial charge in [0, 0.05) is 26.7 Å². The molecule has 1 aliphatic heterocycles. The first-order valence-electron chi connectivity index (χ1n) is 6.02. The fourth-order valence-corrected chi connectivity index (χ4v) is 1.83. The highest BCUT2D eigenvalue weighted by molar-refractivity contribution is 5.74. The Kier molecular flexibility index (Phi) is 5.76. The van der Waals surface area contributed by atoms with Gasteiger partial charge in [0.1, 0.15) is 0 Å². The predicted molar refractivity (Wildman–Crippen MR) is 64.0 cm³/mol. The summed E-state index contributed by atoms with van der Waals surface area (Å²) in [5.41, 5.74) is 0. The minimum Gasteiger partial charge on any atom is -0.481 e. The van der Waals surface area contributed by atoms with Crippen molar-refractivity contribution in [1.29, 1.82) is 0 Å². The summed E-state index contributed by atoms with van der Waals surface area (Å²) >= 11 is 0. The van der Waals surface area contributed by atoms with Gasteiger partial charge in [0.15, 0.2) is 0 Å². The molecular weight excluding hydrogens is 222 g/mol. The van der Waals surface area contributed by atoms with Crippen molar-refractivity contribution in [2.24, 2.45) is 0 Å². The minimum atomic E-state index is -0.887. The lowest BCUT2D eigenvalue weighted by molar-refractivity contribution is -0.137. The number of urea groups is 1. The number of nitrogens with zero attached hydrogens (tertiary/aromatic N) is 2. The van der Waals surface area contributed by atoms with Gasteiger partial charge in [-0.25, -0.2) is 4.79 Å². The summed E-state index contributed by atoms with van der Waals surface area (Å²) in [5.74, 6) is -0.887. The molecule has 0 saturated carbocycles. The maximum atomic E-state index is 11.5. The van der Waals surface area contributed by atoms with Crippen LogP contribution in [0.4, 0.5) is 4.79 Å². The second kappa shape index (κ2) is 7.11. The van der Waals surface area contributed by atoms with Gasteiger partial charge in [-0.3, -0.25) is 4.79 Å². The normalized spacial score (nSPS) is 15.8. The highest BCUT2D eigenvalue weighted by atomic mass is 16.4. The van der Waals surface area contributed by atoms with Gasteiger partial charge >= 0.3 is 12.0 Å². The number of aliphatic carboxylic acids is 1. The van der Waals surface area contributed by atoms with Crippen LogP contribution in [0.5, 0.6) is 0 Å². The molecule has 1 fully saturated rings. The average molecular weight is 243 g/mol. The van der Waals surface area contributed by atoms with Gasteiger partial charge in [-0.05, 0) is 25.9 Å². The van der Waals surface area contributed by atoms with Crippen molar-refractivity contribution in [2.75, 3.05) is 39.8 Å². The van der Waals surface area contributed by atoms with Gasteiger partial charge in [0.05, 0.1) is 6.42 Å². The van der Waals surface area contributed by atoms with E-state index in [4.69, 9.17) is 5.11 Å². The third kappa shape index (κ3) is 5.53. The molecule has 0 aromatic heterocycles. The van der Waals surface area contributed by atoms with Crippen LogP contribution < -0.4 is 5.32 Å². The summed E-state index contributed by atoms with van der Waals surface area (Å²) in [6.45, 7) is 3.97. The van der Waals surface area contributed by atoms with E-state index in [2.05, 4.69) is 10.2 Å². The number of rotatable bonds is 6. The van der Waals surface area contributed by atoms with Crippen molar-refractivity contribution in [2.45, 2.75) is 19.3 Å². The van der Waals surface area contributed by atoms with E-state index < -0.39 is 5.97 Å². The molecule has 17 heavy (non-hydrogen) atoms. The van der Waals surface area contributed by atoms with Gasteiger partial charge in [-0.15, -0.1) is 0 Å². The summed E-state index contributed by atoms with van der Waals surface area (Å²) in [7, 11) is 1.61. The summed E-state index contributed by atoms with van der Waals surface area (Å²) in [6.07, 6.45) is 2.47. The van der Waals surface area contributed by atoms with Crippen molar-refractivity contribution in [1.82, 2.24) is 15.1 Å². The highest BCUT2D eigenvalue weighted by Gasteiger charge is 2.12. The topological polar surface area (TPSA) is 72.9 Å². The van der Waals surface area contributed by atoms with Crippen LogP contribution in [0.2, 0.25) is 0 Å². The molecule has 6 nitrogen and oxygen atoms in total. The second-order valence-electron chi connectivity index (χ2n) is 4.35. The molecule has 1 rings (SSSR count). The number of hydrogen-bond acceptors (Lipinski definition) is 3. The highest BCUT2D eigenvalue weighted by Crippen LogP contribution is 2.05. The number of amides is 2. The van der Waals surface area contributed by atoms with Crippen LogP contribution in [0, 0.1) is 0 Å². The first-order chi connectivity index (χ1) is 8.09. The number of likely N-dealkylation sites (tertiary alicyclic amines) is 1. The van der Waals surface area contributed by atoms with Crippen LogP contribution in [-0.4, -0.2) is 66.7 Å². The predicted octanol–water partition coefficient (Wildman–Crippen LogP) is 0.198. The summed E-state index contributed by atoms with van der Waals surface area (Å²) < 4.78 is 0. The number of carboxylic acids is 1. The largest absolute Gasteiger partial charge is 0.481 e. The van der Waals surface area contributed by atoms with Gasteiger partial charge < -0.3 is 20.2 Å². The van der Waals surface area contributed by atoms with Crippen molar-refractivity contribution in [3.8, 4) is 0 Å². The number of hydrogen-bond donors (Lipinski definition) is 2. The van der Waals surface area contributed by atoms with Crippen molar-refractivity contribution >= 4 is 12.0 Å². The van der Waals surface area contributed by atoms with E-state index >= 15 is 0 Å². The Morgan fingerprint density at radius 2 is 2.00 bits per heavy atom. The van der Waals surface area contributed by atoms with E-state index in [1.54, 1.807) is 7.05 Å². The SMILES string of the molecule is CN(CCC(=O)O)C(=O)NCCN1CCCC1. The third-order valence-corrected chi connectivity index (χ3v) is 2.91. The standard InChI is InChI=1S/C11H21N3O3/c1-13(8-4-10(15)16)11(17)12-5-9-14-6-2-3-7-14/h2-9H2,1H3,(H,12,17)(H,15,16). The number of carboxylic acid groups (broad SMARTS) is 1. The Morgan fingerprint density at radius 1 is 1.35 bits per heavy atom. The first-order valence-corrected chi connectivity index (χ1v) is 6.02. The zero-order valence-corrected chi connectivity index (χ0v) is 10.3. The Bertz CT molecular complexity index is 265. The molecule has 0 unspecified atom stereocenters. The zero-order valence-electron chi connectivity index (χ0n) is 10.3. The van der Waals surface area contributed by atoms with Gasteiger partial charge in [0.2, 0.25) is 0 Å². The molecule has 0 aromatic carbocycles. The second-order valence-corrected chi connectivity index (χ2v) is 4.35. The maximum Gasteiger partial charge on any atom is 0.317 e. The molecule has 0 aromatic rings. The van der Waals surface area contributed by atoms with Gasteiger partial charge in [-0.1, -0.05) is 0 Å². The summed E-state index contributed by atoms with van der Waals surface area (Å²) in [5, 5.41) is 11.3. The molecule has 0 radical (unpaired) electrons. The Morgan fingerprint density at radius 3 is 2.59 bits per heavy atom. The van der Waals surface area contributed by atoms with Gasteiger partial charge in [0.25, 0.3) is 0 Å². The molecule has 0 aliphatic carbocycles. The van der Waals surface area contributed by atoms with Crippen LogP contribution >= 0.6 is 0 Å². The van der Waals surface area contributed by atoms with Gasteiger partial charge in [-0.2, -0.15) is 0 Å². The van der Waals surface area contributed by atoms with Crippen molar-refractivity contribution < 1.29 is 14.7 Å². The van der Waals surface area contributed by atoms with Crippen LogP contribution in [0.3, 0.4) is 0 Å². The lowest BCUT2D eigenvalue weighted by Gasteiger charge is -2.19. The average Bonchev–Trinajstić information content (AvgIpc) is 2.78. The van der Waals surface area contributed by atoms with Crippen LogP contribution in [0.1, 0.15) is 19.3 Å². The Balaban J connectivity index is 2.08. The Labute approximate surface area is 102 Å². The quantitative estimate of drug-likeness (QED) is 0.699. The number of carbonyl (C=O) groups is 2. The Hall–Kier alpha value is -1.30. The van der Waals surface area contributed by atoms with E-state index in [0.29, 0.717) is 6.54 Å². The lowest BCUT2D eigenvalue weighted by Crippen LogP contribution is -2.41. The molecule has 2 N–H and O–H groups in total. The summed E-state index contributed by atoms with van der Waals surface area (Å²) in [4.78, 5) is 25.6. The first kappa shape index (κ1) is 13.8. The maximum absolute atomic E-state index is 11.5. The fourth-order valence-electron chi connectivity index (χ4n) is 1.83. The third-order valence-electron chi connectivity index (χ3n) is 2.91. The monoisotopic (exact) mass is 243 g/mol. The van der Waals surface area contributed by atoms with E-state index in [1.807, 2.05) is 0 Å². The molecule has 1 heterocycles. The molecule has 98 valence electrons. The zero-order chi connectivity index (χ0) is 12.7. The molecule has 0 bridgehead atoms. The smallest absolute Gasteiger partial charge is 0.317 e. The molecular formula is C11H21N3O3. The number of nitrogens with one attached hydrogen (secondary N) is 1. The van der Waals surface area contributed by atoms with E-state index in [0.717, 1.165) is 19.6 Å². The molecule has 0 spiro atoms. The molecule has 0 atom stereocenters. The molecule has 2 amide bonds. The van der Waals surface area contributed by atoms with E-state index in [-0.39, 0.29) is 19.0 Å². The van der Waals surface area contributed by atoms with Crippen molar-refractivity contribution in [3.63, 3.8) is 0 Å². The fraction of sp³-hybridized carbons (Fsp3) is 0.818. The minimum absolute atomic E-state index is 0.0178. The molecule has 6 heteroatoms. The van der Waals surface area contributed by atoms with Crippen LogP contribution in [0.25, 0.3) is 0 Å². The van der Waals surface area contributed by atoms with E-state index in [9.17, 15) is 9.59 Å². The van der Waals surface area contributed by atoms with Crippen LogP contribution in [-0.2, 0) is 4.79 Å². The lowest BCUT2D eigenvalue weighted by atomic mass is 10.4. The molecule has 1 aliphatic rings.